The van der Waals surface area contributed by atoms with Crippen molar-refractivity contribution in [1.82, 2.24) is 19.9 Å². The van der Waals surface area contributed by atoms with Crippen molar-refractivity contribution < 1.29 is 0 Å². The lowest BCUT2D eigenvalue weighted by Crippen LogP contribution is -2.28. The van der Waals surface area contributed by atoms with E-state index < -0.39 is 0 Å². The molecule has 7 heteroatoms. The first-order chi connectivity index (χ1) is 11.5. The summed E-state index contributed by atoms with van der Waals surface area (Å²) in [5, 5.41) is 4.45. The summed E-state index contributed by atoms with van der Waals surface area (Å²) >= 11 is 6.05. The second-order valence-corrected chi connectivity index (χ2v) is 6.56. The van der Waals surface area contributed by atoms with Crippen LogP contribution in [0.2, 0.25) is 5.28 Å². The predicted octanol–water partition coefficient (Wildman–Crippen LogP) is 3.14. The largest absolute Gasteiger partial charge is 0.365 e. The third-order valence-corrected chi connectivity index (χ3v) is 4.21. The summed E-state index contributed by atoms with van der Waals surface area (Å²) in [5.74, 6) is 1.12. The Balaban J connectivity index is 1.85. The van der Waals surface area contributed by atoms with E-state index in [1.165, 1.54) is 0 Å². The Kier molecular flexibility index (Phi) is 4.97. The molecule has 0 saturated carbocycles. The normalized spacial score (nSPS) is 12.7. The van der Waals surface area contributed by atoms with Gasteiger partial charge in [0.05, 0.1) is 5.39 Å². The van der Waals surface area contributed by atoms with E-state index in [-0.39, 0.29) is 11.3 Å². The van der Waals surface area contributed by atoms with Crippen molar-refractivity contribution in [1.29, 1.82) is 0 Å². The van der Waals surface area contributed by atoms with Crippen molar-refractivity contribution in [2.45, 2.75) is 32.9 Å². The Bertz CT molecular complexity index is 815. The van der Waals surface area contributed by atoms with Crippen molar-refractivity contribution in [3.05, 3.63) is 47.1 Å². The third kappa shape index (κ3) is 3.83. The fraction of sp³-hybridized carbons (Fsp3) is 0.353. The summed E-state index contributed by atoms with van der Waals surface area (Å²) in [7, 11) is 0. The fourth-order valence-corrected chi connectivity index (χ4v) is 2.63. The van der Waals surface area contributed by atoms with Gasteiger partial charge in [-0.25, -0.2) is 4.98 Å². The molecule has 0 spiro atoms. The summed E-state index contributed by atoms with van der Waals surface area (Å²) in [6, 6.07) is 6.05. The number of nitrogens with two attached hydrogens (primary N) is 1. The van der Waals surface area contributed by atoms with Crippen LogP contribution in [0, 0.1) is 5.92 Å². The molecular formula is C17H21ClN6. The highest BCUT2D eigenvalue weighted by Crippen LogP contribution is 2.24. The Morgan fingerprint density at radius 3 is 2.71 bits per heavy atom. The Morgan fingerprint density at radius 1 is 1.25 bits per heavy atom. The molecule has 1 unspecified atom stereocenters. The summed E-state index contributed by atoms with van der Waals surface area (Å²) in [4.78, 5) is 15.9. The molecule has 3 heterocycles. The number of pyridine rings is 1. The first-order valence-corrected chi connectivity index (χ1v) is 8.34. The summed E-state index contributed by atoms with van der Waals surface area (Å²) in [6.45, 7) is 4.87. The van der Waals surface area contributed by atoms with Gasteiger partial charge < -0.3 is 16.0 Å². The van der Waals surface area contributed by atoms with Crippen LogP contribution in [0.25, 0.3) is 11.0 Å². The predicted molar refractivity (Wildman–Crippen MR) is 97.0 cm³/mol. The Labute approximate surface area is 145 Å². The average molecular weight is 345 g/mol. The van der Waals surface area contributed by atoms with E-state index in [9.17, 15) is 0 Å². The lowest BCUT2D eigenvalue weighted by atomic mass is 10.0. The van der Waals surface area contributed by atoms with Crippen LogP contribution in [0.1, 0.15) is 25.1 Å². The van der Waals surface area contributed by atoms with Crippen LogP contribution in [0.3, 0.4) is 0 Å². The summed E-state index contributed by atoms with van der Waals surface area (Å²) < 4.78 is 0. The Hall–Kier alpha value is -2.18. The van der Waals surface area contributed by atoms with Crippen LogP contribution in [-0.2, 0) is 13.0 Å². The van der Waals surface area contributed by atoms with E-state index >= 15 is 0 Å². The van der Waals surface area contributed by atoms with E-state index in [0.29, 0.717) is 18.3 Å². The minimum Gasteiger partial charge on any atom is -0.365 e. The van der Waals surface area contributed by atoms with Gasteiger partial charge in [0.15, 0.2) is 0 Å². The van der Waals surface area contributed by atoms with Crippen LogP contribution in [-0.4, -0.2) is 26.0 Å². The van der Waals surface area contributed by atoms with Gasteiger partial charge >= 0.3 is 0 Å². The van der Waals surface area contributed by atoms with Gasteiger partial charge in [0, 0.05) is 37.1 Å². The molecule has 0 fully saturated rings. The maximum atomic E-state index is 6.17. The molecule has 0 aromatic carbocycles. The van der Waals surface area contributed by atoms with E-state index in [2.05, 4.69) is 39.1 Å². The van der Waals surface area contributed by atoms with Crippen LogP contribution in [0.5, 0.6) is 0 Å². The number of nitrogens with zero attached hydrogens (tertiary/aromatic N) is 3. The molecule has 0 radical (unpaired) electrons. The molecule has 1 atom stereocenters. The highest BCUT2D eigenvalue weighted by atomic mass is 35.5. The molecule has 3 aromatic rings. The molecule has 0 aliphatic heterocycles. The van der Waals surface area contributed by atoms with Gasteiger partial charge in [-0.3, -0.25) is 4.98 Å². The highest BCUT2D eigenvalue weighted by molar-refractivity contribution is 6.28. The van der Waals surface area contributed by atoms with Gasteiger partial charge in [0.25, 0.3) is 0 Å². The molecule has 0 aliphatic rings. The number of anilines is 1. The zero-order chi connectivity index (χ0) is 17.1. The lowest BCUT2D eigenvalue weighted by molar-refractivity contribution is 0.487. The number of hydrogen-bond acceptors (Lipinski definition) is 5. The van der Waals surface area contributed by atoms with Crippen molar-refractivity contribution in [2.24, 2.45) is 11.7 Å². The van der Waals surface area contributed by atoms with Crippen LogP contribution < -0.4 is 11.1 Å². The number of aromatic amines is 1. The molecule has 0 aliphatic carbocycles. The fourth-order valence-electron chi connectivity index (χ4n) is 2.46. The van der Waals surface area contributed by atoms with Gasteiger partial charge in [0.1, 0.15) is 11.5 Å². The maximum absolute atomic E-state index is 6.17. The first-order valence-electron chi connectivity index (χ1n) is 7.96. The summed E-state index contributed by atoms with van der Waals surface area (Å²) in [6.07, 6.45) is 4.29. The summed E-state index contributed by atoms with van der Waals surface area (Å²) in [5.41, 5.74) is 9.04. The minimum absolute atomic E-state index is 0.0923. The van der Waals surface area contributed by atoms with E-state index in [1.54, 1.807) is 12.4 Å². The standard InChI is InChI=1S/C17H21ClN6/c1-10(2)14(19)8-12-7-13-15(23-17(18)24-16(13)22-12)21-9-11-3-5-20-6-4-11/h3-7,10,14H,8-9,19H2,1-2H3,(H2,21,22,23,24). The van der Waals surface area contributed by atoms with Gasteiger partial charge in [-0.2, -0.15) is 4.98 Å². The number of nitrogens with one attached hydrogen (secondary N) is 2. The second-order valence-electron chi connectivity index (χ2n) is 6.22. The topological polar surface area (TPSA) is 92.5 Å². The molecule has 4 N–H and O–H groups in total. The number of H-pyrrole nitrogens is 1. The van der Waals surface area contributed by atoms with Crippen molar-refractivity contribution in [2.75, 3.05) is 5.32 Å². The maximum Gasteiger partial charge on any atom is 0.226 e. The number of halogens is 1. The molecule has 0 saturated heterocycles. The van der Waals surface area contributed by atoms with E-state index in [1.807, 2.05) is 18.2 Å². The number of rotatable bonds is 6. The molecule has 3 rings (SSSR count). The smallest absolute Gasteiger partial charge is 0.226 e. The molecule has 24 heavy (non-hydrogen) atoms. The first kappa shape index (κ1) is 16.7. The average Bonchev–Trinajstić information content (AvgIpc) is 2.95. The van der Waals surface area contributed by atoms with Gasteiger partial charge in [-0.15, -0.1) is 0 Å². The highest BCUT2D eigenvalue weighted by Gasteiger charge is 2.14. The molecule has 126 valence electrons. The third-order valence-electron chi connectivity index (χ3n) is 4.04. The second kappa shape index (κ2) is 7.15. The Morgan fingerprint density at radius 2 is 2.00 bits per heavy atom. The SMILES string of the molecule is CC(C)C(N)Cc1cc2c(NCc3ccncc3)nc(Cl)nc2[nH]1. The molecule has 0 bridgehead atoms. The van der Waals surface area contributed by atoms with Crippen molar-refractivity contribution >= 4 is 28.5 Å². The van der Waals surface area contributed by atoms with Gasteiger partial charge in [0.2, 0.25) is 5.28 Å². The van der Waals surface area contributed by atoms with Crippen molar-refractivity contribution in [3.8, 4) is 0 Å². The number of fused-ring (bicyclic) bond motifs is 1. The zero-order valence-corrected chi connectivity index (χ0v) is 14.5. The number of hydrogen-bond donors (Lipinski definition) is 3. The van der Waals surface area contributed by atoms with Crippen LogP contribution in [0.15, 0.2) is 30.6 Å². The van der Waals surface area contributed by atoms with E-state index in [0.717, 1.165) is 28.7 Å². The molecule has 3 aromatic heterocycles. The molecular weight excluding hydrogens is 324 g/mol. The van der Waals surface area contributed by atoms with Crippen LogP contribution >= 0.6 is 11.6 Å². The minimum atomic E-state index is 0.0923. The molecule has 0 amide bonds. The van der Waals surface area contributed by atoms with Gasteiger partial charge in [-0.05, 0) is 41.3 Å². The number of aromatic nitrogens is 4. The van der Waals surface area contributed by atoms with Crippen molar-refractivity contribution in [3.63, 3.8) is 0 Å². The van der Waals surface area contributed by atoms with E-state index in [4.69, 9.17) is 17.3 Å². The molecule has 6 nitrogen and oxygen atoms in total. The quantitative estimate of drug-likeness (QED) is 0.597. The van der Waals surface area contributed by atoms with Crippen LogP contribution in [0.4, 0.5) is 5.82 Å². The lowest BCUT2D eigenvalue weighted by Gasteiger charge is -2.13. The monoisotopic (exact) mass is 344 g/mol. The van der Waals surface area contributed by atoms with Gasteiger partial charge in [-0.1, -0.05) is 13.8 Å². The zero-order valence-electron chi connectivity index (χ0n) is 13.8.